The van der Waals surface area contributed by atoms with Gasteiger partial charge in [-0.05, 0) is 0 Å². The highest BCUT2D eigenvalue weighted by Gasteiger charge is 2.41. The quantitative estimate of drug-likeness (QED) is 0.597. The Kier molecular flexibility index (Phi) is 3.59. The van der Waals surface area contributed by atoms with E-state index in [1.54, 1.807) is 12.1 Å². The van der Waals surface area contributed by atoms with Gasteiger partial charge in [-0.1, -0.05) is 69.2 Å². The zero-order valence-corrected chi connectivity index (χ0v) is 14.7. The van der Waals surface area contributed by atoms with E-state index >= 15 is 0 Å². The summed E-state index contributed by atoms with van der Waals surface area (Å²) in [4.78, 5) is 2.01. The van der Waals surface area contributed by atoms with E-state index in [1.807, 2.05) is 4.82 Å². The average Bonchev–Trinajstić information content (AvgIpc) is 1.95. The summed E-state index contributed by atoms with van der Waals surface area (Å²) in [5.41, 5.74) is 2.78. The monoisotopic (exact) mass is 256 g/mol. The summed E-state index contributed by atoms with van der Waals surface area (Å²) >= 11 is 0. The maximum absolute atomic E-state index is 2.78. The standard InChI is InChI=1S/C12H28Si3/c1-13(2,3)11-12-14(4,5)9-8-10-15(12,6)7/h11H,8-10H2,1-7H3. The van der Waals surface area contributed by atoms with Gasteiger partial charge in [0, 0.05) is 0 Å². The molecule has 0 aliphatic carbocycles. The molecule has 0 saturated carbocycles. The molecule has 1 saturated heterocycles. The fraction of sp³-hybridized carbons (Fsp3) is 0.833. The summed E-state index contributed by atoms with van der Waals surface area (Å²) in [6, 6.07) is 3.08. The Morgan fingerprint density at radius 2 is 1.33 bits per heavy atom. The normalized spacial score (nSPS) is 25.1. The highest BCUT2D eigenvalue weighted by molar-refractivity contribution is 7.08. The summed E-state index contributed by atoms with van der Waals surface area (Å²) in [6.45, 7) is 17.9. The molecule has 1 aliphatic heterocycles. The van der Waals surface area contributed by atoms with Gasteiger partial charge < -0.3 is 0 Å². The largest absolute Gasteiger partial charge is 0.103 e. The van der Waals surface area contributed by atoms with Crippen molar-refractivity contribution in [1.29, 1.82) is 0 Å². The molecule has 0 atom stereocenters. The molecule has 0 unspecified atom stereocenters. The Bertz CT molecular complexity index is 251. The molecular weight excluding hydrogens is 228 g/mol. The molecule has 0 radical (unpaired) electrons. The van der Waals surface area contributed by atoms with Crippen LogP contribution >= 0.6 is 0 Å². The Labute approximate surface area is 99.2 Å². The minimum atomic E-state index is -1.01. The smallest absolute Gasteiger partial charge is 0.0703 e. The lowest BCUT2D eigenvalue weighted by Gasteiger charge is -2.43. The first-order chi connectivity index (χ1) is 6.55. The Morgan fingerprint density at radius 3 is 1.67 bits per heavy atom. The molecule has 0 nitrogen and oxygen atoms in total. The maximum Gasteiger partial charge on any atom is 0.0703 e. The molecular formula is C12H28Si3. The second-order valence-corrected chi connectivity index (χ2v) is 22.7. The van der Waals surface area contributed by atoms with Crippen molar-refractivity contribution in [3.05, 3.63) is 10.5 Å². The number of hydrogen-bond acceptors (Lipinski definition) is 0. The first kappa shape index (κ1) is 13.5. The van der Waals surface area contributed by atoms with E-state index in [1.165, 1.54) is 6.42 Å². The van der Waals surface area contributed by atoms with Crippen molar-refractivity contribution < 1.29 is 0 Å². The van der Waals surface area contributed by atoms with Crippen molar-refractivity contribution in [3.63, 3.8) is 0 Å². The van der Waals surface area contributed by atoms with Crippen molar-refractivity contribution in [2.24, 2.45) is 0 Å². The van der Waals surface area contributed by atoms with Crippen molar-refractivity contribution in [1.82, 2.24) is 0 Å². The van der Waals surface area contributed by atoms with E-state index < -0.39 is 24.2 Å². The lowest BCUT2D eigenvalue weighted by atomic mass is 10.6. The van der Waals surface area contributed by atoms with E-state index in [0.29, 0.717) is 0 Å². The van der Waals surface area contributed by atoms with Gasteiger partial charge in [-0.25, -0.2) is 0 Å². The van der Waals surface area contributed by atoms with Crippen LogP contribution in [0, 0.1) is 0 Å². The Balaban J connectivity index is 3.13. The molecule has 0 aromatic rings. The average molecular weight is 257 g/mol. The summed E-state index contributed by atoms with van der Waals surface area (Å²) in [5.74, 6) is 0. The summed E-state index contributed by atoms with van der Waals surface area (Å²) in [7, 11) is -3.03. The van der Waals surface area contributed by atoms with Crippen LogP contribution in [0.15, 0.2) is 10.5 Å². The molecule has 1 heterocycles. The van der Waals surface area contributed by atoms with Gasteiger partial charge in [-0.2, -0.15) is 0 Å². The van der Waals surface area contributed by atoms with Crippen LogP contribution in [0.1, 0.15) is 6.42 Å². The van der Waals surface area contributed by atoms with Gasteiger partial charge in [0.25, 0.3) is 0 Å². The van der Waals surface area contributed by atoms with E-state index in [9.17, 15) is 0 Å². The van der Waals surface area contributed by atoms with Gasteiger partial charge in [0.2, 0.25) is 0 Å². The molecule has 1 rings (SSSR count). The summed E-state index contributed by atoms with van der Waals surface area (Å²) in [6.07, 6.45) is 1.52. The SMILES string of the molecule is C[Si](C)(C)C=C1[Si](C)(C)CCC[Si]1(C)C. The van der Waals surface area contributed by atoms with E-state index in [2.05, 4.69) is 51.5 Å². The highest BCUT2D eigenvalue weighted by Crippen LogP contribution is 2.39. The lowest BCUT2D eigenvalue weighted by molar-refractivity contribution is 0.997. The van der Waals surface area contributed by atoms with Crippen LogP contribution < -0.4 is 0 Å². The van der Waals surface area contributed by atoms with Crippen LogP contribution in [0.3, 0.4) is 0 Å². The van der Waals surface area contributed by atoms with Crippen LogP contribution in [-0.2, 0) is 0 Å². The third kappa shape index (κ3) is 3.43. The predicted molar refractivity (Wildman–Crippen MR) is 80.6 cm³/mol. The van der Waals surface area contributed by atoms with Crippen molar-refractivity contribution in [2.75, 3.05) is 0 Å². The first-order valence-corrected chi connectivity index (χ1v) is 16.3. The molecule has 0 aromatic carbocycles. The third-order valence-corrected chi connectivity index (χ3v) is 15.8. The molecule has 0 bridgehead atoms. The molecule has 88 valence electrons. The Hall–Kier alpha value is 0.391. The fourth-order valence-electron chi connectivity index (χ4n) is 2.98. The molecule has 3 heteroatoms. The topological polar surface area (TPSA) is 0 Å². The van der Waals surface area contributed by atoms with E-state index in [0.717, 1.165) is 0 Å². The van der Waals surface area contributed by atoms with Crippen LogP contribution in [0.2, 0.25) is 57.9 Å². The van der Waals surface area contributed by atoms with Gasteiger partial charge in [-0.3, -0.25) is 0 Å². The molecule has 15 heavy (non-hydrogen) atoms. The minimum absolute atomic E-state index is 1.01. The fourth-order valence-corrected chi connectivity index (χ4v) is 20.7. The van der Waals surface area contributed by atoms with Crippen LogP contribution in [0.25, 0.3) is 0 Å². The maximum atomic E-state index is 2.78. The van der Waals surface area contributed by atoms with Crippen molar-refractivity contribution in [3.8, 4) is 0 Å². The Morgan fingerprint density at radius 1 is 0.933 bits per heavy atom. The molecule has 1 aliphatic rings. The molecule has 0 amide bonds. The van der Waals surface area contributed by atoms with E-state index in [-0.39, 0.29) is 0 Å². The van der Waals surface area contributed by atoms with Gasteiger partial charge >= 0.3 is 0 Å². The van der Waals surface area contributed by atoms with Gasteiger partial charge in [0.1, 0.15) is 0 Å². The highest BCUT2D eigenvalue weighted by atomic mass is 28.4. The predicted octanol–water partition coefficient (Wildman–Crippen LogP) is 4.69. The zero-order valence-electron chi connectivity index (χ0n) is 11.7. The summed E-state index contributed by atoms with van der Waals surface area (Å²) < 4.78 is 0. The first-order valence-electron chi connectivity index (χ1n) is 6.28. The third-order valence-electron chi connectivity index (χ3n) is 3.64. The zero-order chi connectivity index (χ0) is 11.9. The van der Waals surface area contributed by atoms with Crippen LogP contribution in [-0.4, -0.2) is 24.2 Å². The summed E-state index contributed by atoms with van der Waals surface area (Å²) in [5, 5.41) is 0. The lowest BCUT2D eigenvalue weighted by Crippen LogP contribution is -2.49. The number of hydrogen-bond donors (Lipinski definition) is 0. The van der Waals surface area contributed by atoms with Gasteiger partial charge in [-0.15, -0.1) is 5.70 Å². The second-order valence-electron chi connectivity index (χ2n) is 7.55. The number of rotatable bonds is 1. The molecule has 1 fully saturated rings. The minimum Gasteiger partial charge on any atom is -0.103 e. The van der Waals surface area contributed by atoms with Gasteiger partial charge in [0.15, 0.2) is 0 Å². The second kappa shape index (κ2) is 4.00. The van der Waals surface area contributed by atoms with Crippen molar-refractivity contribution in [2.45, 2.75) is 64.3 Å². The van der Waals surface area contributed by atoms with Crippen LogP contribution in [0.4, 0.5) is 0 Å². The van der Waals surface area contributed by atoms with E-state index in [4.69, 9.17) is 0 Å². The molecule has 0 aromatic heterocycles. The van der Waals surface area contributed by atoms with Crippen molar-refractivity contribution >= 4 is 24.2 Å². The van der Waals surface area contributed by atoms with Crippen LogP contribution in [0.5, 0.6) is 0 Å². The van der Waals surface area contributed by atoms with Gasteiger partial charge in [0.05, 0.1) is 24.2 Å². The molecule has 0 spiro atoms. The molecule has 0 N–H and O–H groups in total.